The summed E-state index contributed by atoms with van der Waals surface area (Å²) in [5, 5.41) is 5.15. The maximum atomic E-state index is 3.66. The molecule has 4 rings (SSSR count). The molecule has 2 heterocycles. The molecule has 1 atom stereocenters. The Morgan fingerprint density at radius 3 is 3.06 bits per heavy atom. The molecule has 0 spiro atoms. The summed E-state index contributed by atoms with van der Waals surface area (Å²) in [6, 6.07) is 9.51. The lowest BCUT2D eigenvalue weighted by molar-refractivity contribution is -0.00000320. The number of hydrogen-bond donors (Lipinski definition) is 1. The van der Waals surface area contributed by atoms with Crippen molar-refractivity contribution in [1.29, 1.82) is 0 Å². The number of hydrogen-bond acceptors (Lipinski definition) is 1. The predicted octanol–water partition coefficient (Wildman–Crippen LogP) is -0.374. The largest absolute Gasteiger partial charge is 1.00 e. The zero-order valence-corrected chi connectivity index (χ0v) is 10.5. The Bertz CT molecular complexity index is 512. The lowest BCUT2D eigenvalue weighted by Crippen LogP contribution is -3.00. The van der Waals surface area contributed by atoms with E-state index in [1.807, 2.05) is 0 Å². The number of aromatic nitrogens is 1. The molecule has 0 saturated heterocycles. The minimum absolute atomic E-state index is 0. The van der Waals surface area contributed by atoms with Crippen LogP contribution in [0, 0.1) is 0 Å². The molecule has 1 aromatic heterocycles. The third kappa shape index (κ3) is 1.44. The van der Waals surface area contributed by atoms with Crippen LogP contribution in [0.5, 0.6) is 0 Å². The first-order chi connectivity index (χ1) is 7.95. The lowest BCUT2D eigenvalue weighted by Gasteiger charge is -2.31. The molecule has 2 nitrogen and oxygen atoms in total. The van der Waals surface area contributed by atoms with Crippen molar-refractivity contribution >= 4 is 10.9 Å². The molecule has 0 radical (unpaired) electrons. The summed E-state index contributed by atoms with van der Waals surface area (Å²) < 4.78 is 2.55. The Morgan fingerprint density at radius 1 is 1.24 bits per heavy atom. The summed E-state index contributed by atoms with van der Waals surface area (Å²) in [5.41, 5.74) is 4.64. The highest BCUT2D eigenvalue weighted by atomic mass is 35.5. The fourth-order valence-electron chi connectivity index (χ4n) is 3.47. The van der Waals surface area contributed by atoms with E-state index in [4.69, 9.17) is 0 Å². The fourth-order valence-corrected chi connectivity index (χ4v) is 3.47. The zero-order valence-electron chi connectivity index (χ0n) is 9.75. The SMILES string of the molecule is [Cl-].c1ccc2c(c1)c1c3n2CCNC3CCC1. The van der Waals surface area contributed by atoms with Crippen LogP contribution < -0.4 is 17.7 Å². The van der Waals surface area contributed by atoms with Gasteiger partial charge in [0.05, 0.1) is 0 Å². The average molecular weight is 248 g/mol. The van der Waals surface area contributed by atoms with Crippen LogP contribution in [0.3, 0.4) is 0 Å². The molecule has 0 fully saturated rings. The van der Waals surface area contributed by atoms with E-state index in [9.17, 15) is 0 Å². The van der Waals surface area contributed by atoms with Gasteiger partial charge in [0.2, 0.25) is 0 Å². The summed E-state index contributed by atoms with van der Waals surface area (Å²) in [6.45, 7) is 2.25. The second kappa shape index (κ2) is 4.04. The molecule has 1 N–H and O–H groups in total. The normalized spacial score (nSPS) is 22.0. The minimum Gasteiger partial charge on any atom is -1.00 e. The van der Waals surface area contributed by atoms with E-state index in [0.717, 1.165) is 13.1 Å². The van der Waals surface area contributed by atoms with Crippen LogP contribution in [0.1, 0.15) is 30.1 Å². The molecule has 1 aromatic carbocycles. The number of nitrogens with zero attached hydrogens (tertiary/aromatic N) is 1. The van der Waals surface area contributed by atoms with E-state index >= 15 is 0 Å². The average Bonchev–Trinajstić information content (AvgIpc) is 2.68. The molecule has 1 aliphatic carbocycles. The maximum Gasteiger partial charge on any atom is 0.0486 e. The van der Waals surface area contributed by atoms with Gasteiger partial charge in [-0.2, -0.15) is 0 Å². The van der Waals surface area contributed by atoms with Crippen LogP contribution in [-0.4, -0.2) is 11.1 Å². The highest BCUT2D eigenvalue weighted by Crippen LogP contribution is 2.38. The van der Waals surface area contributed by atoms with Crippen molar-refractivity contribution in [2.45, 2.75) is 31.8 Å². The molecule has 0 bridgehead atoms. The smallest absolute Gasteiger partial charge is 0.0486 e. The maximum absolute atomic E-state index is 3.66. The summed E-state index contributed by atoms with van der Waals surface area (Å²) in [7, 11) is 0. The molecule has 3 heteroatoms. The molecule has 90 valence electrons. The van der Waals surface area contributed by atoms with Gasteiger partial charge in [0.1, 0.15) is 0 Å². The number of benzene rings is 1. The first kappa shape index (κ1) is 11.1. The third-order valence-electron chi connectivity index (χ3n) is 4.10. The standard InChI is InChI=1S/C14H16N2.ClH/c1-2-7-13-10(4-1)11-5-3-6-12-14(11)16(13)9-8-15-12;/h1-2,4,7,12,15H,3,5-6,8-9H2;1H/p-1. The van der Waals surface area contributed by atoms with E-state index < -0.39 is 0 Å². The van der Waals surface area contributed by atoms with E-state index in [0.29, 0.717) is 6.04 Å². The van der Waals surface area contributed by atoms with Crippen molar-refractivity contribution in [3.63, 3.8) is 0 Å². The fraction of sp³-hybridized carbons (Fsp3) is 0.429. The van der Waals surface area contributed by atoms with Gasteiger partial charge in [0, 0.05) is 35.7 Å². The predicted molar refractivity (Wildman–Crippen MR) is 65.6 cm³/mol. The van der Waals surface area contributed by atoms with E-state index in [-0.39, 0.29) is 12.4 Å². The van der Waals surface area contributed by atoms with Crippen molar-refractivity contribution in [2.75, 3.05) is 6.54 Å². The number of nitrogens with one attached hydrogen (secondary N) is 1. The molecule has 2 aromatic rings. The van der Waals surface area contributed by atoms with Gasteiger partial charge in [-0.25, -0.2) is 0 Å². The number of para-hydroxylation sites is 1. The van der Waals surface area contributed by atoms with Crippen molar-refractivity contribution in [3.8, 4) is 0 Å². The zero-order chi connectivity index (χ0) is 10.5. The summed E-state index contributed by atoms with van der Waals surface area (Å²) in [5.74, 6) is 0. The van der Waals surface area contributed by atoms with Crippen molar-refractivity contribution in [3.05, 3.63) is 35.5 Å². The van der Waals surface area contributed by atoms with E-state index in [1.165, 1.54) is 30.2 Å². The van der Waals surface area contributed by atoms with Gasteiger partial charge in [-0.05, 0) is 30.9 Å². The summed E-state index contributed by atoms with van der Waals surface area (Å²) in [6.07, 6.45) is 3.91. The number of fused-ring (bicyclic) bond motifs is 3. The van der Waals surface area contributed by atoms with Gasteiger partial charge in [0.15, 0.2) is 0 Å². The first-order valence-corrected chi connectivity index (χ1v) is 6.28. The van der Waals surface area contributed by atoms with Crippen molar-refractivity contribution in [2.24, 2.45) is 0 Å². The summed E-state index contributed by atoms with van der Waals surface area (Å²) >= 11 is 0. The quantitative estimate of drug-likeness (QED) is 0.672. The molecular formula is C14H16ClN2-. The van der Waals surface area contributed by atoms with Crippen molar-refractivity contribution < 1.29 is 12.4 Å². The second-order valence-electron chi connectivity index (χ2n) is 4.93. The van der Waals surface area contributed by atoms with Gasteiger partial charge in [0.25, 0.3) is 0 Å². The van der Waals surface area contributed by atoms with Gasteiger partial charge >= 0.3 is 0 Å². The highest BCUT2D eigenvalue weighted by Gasteiger charge is 2.29. The first-order valence-electron chi connectivity index (χ1n) is 6.28. The van der Waals surface area contributed by atoms with E-state index in [2.05, 4.69) is 34.1 Å². The van der Waals surface area contributed by atoms with Gasteiger partial charge < -0.3 is 22.3 Å². The van der Waals surface area contributed by atoms with Crippen LogP contribution in [0.15, 0.2) is 24.3 Å². The third-order valence-corrected chi connectivity index (χ3v) is 4.10. The van der Waals surface area contributed by atoms with Gasteiger partial charge in [-0.1, -0.05) is 18.2 Å². The monoisotopic (exact) mass is 247 g/mol. The highest BCUT2D eigenvalue weighted by molar-refractivity contribution is 5.86. The number of aryl methyl sites for hydroxylation is 1. The van der Waals surface area contributed by atoms with Crippen molar-refractivity contribution in [1.82, 2.24) is 9.88 Å². The topological polar surface area (TPSA) is 17.0 Å². The lowest BCUT2D eigenvalue weighted by atomic mass is 9.91. The van der Waals surface area contributed by atoms with Gasteiger partial charge in [-0.3, -0.25) is 0 Å². The molecule has 0 amide bonds. The molecular weight excluding hydrogens is 232 g/mol. The molecule has 1 unspecified atom stereocenters. The van der Waals surface area contributed by atoms with Crippen LogP contribution in [0.25, 0.3) is 10.9 Å². The molecule has 2 aliphatic rings. The number of rotatable bonds is 0. The Balaban J connectivity index is 0.000000902. The molecule has 1 aliphatic heterocycles. The van der Waals surface area contributed by atoms with Crippen LogP contribution >= 0.6 is 0 Å². The van der Waals surface area contributed by atoms with Gasteiger partial charge in [-0.15, -0.1) is 0 Å². The van der Waals surface area contributed by atoms with E-state index in [1.54, 1.807) is 11.3 Å². The van der Waals surface area contributed by atoms with Crippen LogP contribution in [0.4, 0.5) is 0 Å². The summed E-state index contributed by atoms with van der Waals surface area (Å²) in [4.78, 5) is 0. The van der Waals surface area contributed by atoms with Crippen LogP contribution in [0.2, 0.25) is 0 Å². The van der Waals surface area contributed by atoms with Crippen LogP contribution in [-0.2, 0) is 13.0 Å². The Kier molecular flexibility index (Phi) is 2.64. The second-order valence-corrected chi connectivity index (χ2v) is 4.93. The Hall–Kier alpha value is -0.990. The Labute approximate surface area is 107 Å². The Morgan fingerprint density at radius 2 is 2.12 bits per heavy atom. The molecule has 0 saturated carbocycles. The number of halogens is 1. The molecule has 17 heavy (non-hydrogen) atoms. The minimum atomic E-state index is 0.